The SMILES string of the molecule is Cc1ccc(CNC(=O)NC(CC(=O)O)C(C)(C)C)o1. The van der Waals surface area contributed by atoms with Crippen LogP contribution in [0.25, 0.3) is 0 Å². The molecule has 1 aromatic rings. The van der Waals surface area contributed by atoms with E-state index in [1.807, 2.05) is 33.8 Å². The van der Waals surface area contributed by atoms with Crippen molar-refractivity contribution in [1.29, 1.82) is 0 Å². The maximum atomic E-state index is 11.8. The number of hydrogen-bond acceptors (Lipinski definition) is 3. The molecule has 20 heavy (non-hydrogen) atoms. The zero-order valence-electron chi connectivity index (χ0n) is 12.3. The van der Waals surface area contributed by atoms with E-state index in [4.69, 9.17) is 9.52 Å². The minimum atomic E-state index is -0.938. The quantitative estimate of drug-likeness (QED) is 0.772. The minimum absolute atomic E-state index is 0.114. The second-order valence-electron chi connectivity index (χ2n) is 5.86. The summed E-state index contributed by atoms with van der Waals surface area (Å²) in [6, 6.07) is 2.75. The average molecular weight is 282 g/mol. The van der Waals surface area contributed by atoms with Gasteiger partial charge in [0.1, 0.15) is 11.5 Å². The van der Waals surface area contributed by atoms with Crippen LogP contribution in [0.3, 0.4) is 0 Å². The Morgan fingerprint density at radius 1 is 1.35 bits per heavy atom. The number of furan rings is 1. The second-order valence-corrected chi connectivity index (χ2v) is 5.86. The zero-order chi connectivity index (χ0) is 15.3. The molecule has 0 aliphatic rings. The summed E-state index contributed by atoms with van der Waals surface area (Å²) in [6.45, 7) is 7.75. The summed E-state index contributed by atoms with van der Waals surface area (Å²) in [7, 11) is 0. The molecule has 6 nitrogen and oxygen atoms in total. The largest absolute Gasteiger partial charge is 0.481 e. The molecule has 1 heterocycles. The molecule has 0 saturated heterocycles. The van der Waals surface area contributed by atoms with E-state index < -0.39 is 18.0 Å². The van der Waals surface area contributed by atoms with Crippen LogP contribution in [0.2, 0.25) is 0 Å². The number of carbonyl (C=O) groups excluding carboxylic acids is 1. The van der Waals surface area contributed by atoms with Gasteiger partial charge < -0.3 is 20.2 Å². The van der Waals surface area contributed by atoms with Gasteiger partial charge in [-0.05, 0) is 24.5 Å². The first kappa shape index (κ1) is 16.1. The van der Waals surface area contributed by atoms with Crippen LogP contribution in [0.5, 0.6) is 0 Å². The number of rotatable bonds is 5. The Bertz CT molecular complexity index is 474. The lowest BCUT2D eigenvalue weighted by atomic mass is 9.85. The number of carbonyl (C=O) groups is 2. The van der Waals surface area contributed by atoms with Crippen LogP contribution in [-0.2, 0) is 11.3 Å². The standard InChI is InChI=1S/C14H22N2O4/c1-9-5-6-10(20-9)8-15-13(19)16-11(7-12(17)18)14(2,3)4/h5-6,11H,7-8H2,1-4H3,(H,17,18)(H2,15,16,19). The summed E-state index contributed by atoms with van der Waals surface area (Å²) in [5.74, 6) is 0.496. The highest BCUT2D eigenvalue weighted by atomic mass is 16.4. The van der Waals surface area contributed by atoms with Gasteiger partial charge in [-0.1, -0.05) is 20.8 Å². The zero-order valence-corrected chi connectivity index (χ0v) is 12.3. The molecule has 1 aromatic heterocycles. The molecule has 0 fully saturated rings. The molecule has 6 heteroatoms. The van der Waals surface area contributed by atoms with E-state index in [9.17, 15) is 9.59 Å². The molecule has 0 spiro atoms. The first-order chi connectivity index (χ1) is 9.18. The molecule has 1 rings (SSSR count). The molecule has 0 bridgehead atoms. The van der Waals surface area contributed by atoms with E-state index in [0.717, 1.165) is 5.76 Å². The van der Waals surface area contributed by atoms with Gasteiger partial charge in [0.2, 0.25) is 0 Å². The molecule has 112 valence electrons. The van der Waals surface area contributed by atoms with Gasteiger partial charge in [0.25, 0.3) is 0 Å². The van der Waals surface area contributed by atoms with Crippen molar-refractivity contribution in [3.05, 3.63) is 23.7 Å². The number of hydrogen-bond donors (Lipinski definition) is 3. The number of aliphatic carboxylic acids is 1. The number of urea groups is 1. The fraction of sp³-hybridized carbons (Fsp3) is 0.571. The van der Waals surface area contributed by atoms with Gasteiger partial charge in [-0.15, -0.1) is 0 Å². The third-order valence-electron chi connectivity index (χ3n) is 2.95. The predicted octanol–water partition coefficient (Wildman–Crippen LogP) is 2.28. The van der Waals surface area contributed by atoms with Gasteiger partial charge in [-0.25, -0.2) is 4.79 Å². The van der Waals surface area contributed by atoms with Crippen molar-refractivity contribution in [3.63, 3.8) is 0 Å². The fourth-order valence-corrected chi connectivity index (χ4v) is 1.71. The predicted molar refractivity (Wildman–Crippen MR) is 74.3 cm³/mol. The number of carboxylic acid groups (broad SMARTS) is 1. The van der Waals surface area contributed by atoms with E-state index in [1.54, 1.807) is 6.07 Å². The van der Waals surface area contributed by atoms with Crippen molar-refractivity contribution in [2.24, 2.45) is 5.41 Å². The Hall–Kier alpha value is -1.98. The van der Waals surface area contributed by atoms with Crippen molar-refractivity contribution in [2.45, 2.75) is 46.7 Å². The van der Waals surface area contributed by atoms with Crippen LogP contribution in [0.4, 0.5) is 4.79 Å². The monoisotopic (exact) mass is 282 g/mol. The van der Waals surface area contributed by atoms with Gasteiger partial charge in [0, 0.05) is 6.04 Å². The third-order valence-corrected chi connectivity index (χ3v) is 2.95. The van der Waals surface area contributed by atoms with E-state index in [2.05, 4.69) is 10.6 Å². The van der Waals surface area contributed by atoms with Crippen molar-refractivity contribution < 1.29 is 19.1 Å². The molecule has 0 aliphatic carbocycles. The maximum Gasteiger partial charge on any atom is 0.315 e. The van der Waals surface area contributed by atoms with Crippen LogP contribution in [0.1, 0.15) is 38.7 Å². The van der Waals surface area contributed by atoms with Crippen LogP contribution < -0.4 is 10.6 Å². The lowest BCUT2D eigenvalue weighted by Crippen LogP contribution is -2.48. The van der Waals surface area contributed by atoms with Crippen LogP contribution in [0, 0.1) is 12.3 Å². The minimum Gasteiger partial charge on any atom is -0.481 e. The summed E-state index contributed by atoms with van der Waals surface area (Å²) in [6.07, 6.45) is -0.114. The summed E-state index contributed by atoms with van der Waals surface area (Å²) < 4.78 is 5.33. The summed E-state index contributed by atoms with van der Waals surface area (Å²) >= 11 is 0. The molecular formula is C14H22N2O4. The Labute approximate surface area is 118 Å². The summed E-state index contributed by atoms with van der Waals surface area (Å²) in [5, 5.41) is 14.2. The van der Waals surface area contributed by atoms with Gasteiger partial charge >= 0.3 is 12.0 Å². The highest BCUT2D eigenvalue weighted by molar-refractivity contribution is 5.75. The molecule has 0 saturated carbocycles. The molecule has 1 atom stereocenters. The first-order valence-electron chi connectivity index (χ1n) is 6.50. The van der Waals surface area contributed by atoms with E-state index in [1.165, 1.54) is 0 Å². The van der Waals surface area contributed by atoms with Gasteiger partial charge in [-0.3, -0.25) is 4.79 Å². The van der Waals surface area contributed by atoms with Crippen LogP contribution in [0.15, 0.2) is 16.5 Å². The van der Waals surface area contributed by atoms with Crippen LogP contribution in [-0.4, -0.2) is 23.1 Å². The molecule has 1 unspecified atom stereocenters. The number of nitrogens with one attached hydrogen (secondary N) is 2. The Kier molecular flexibility index (Phi) is 5.19. The van der Waals surface area contributed by atoms with E-state index in [0.29, 0.717) is 5.76 Å². The third kappa shape index (κ3) is 5.34. The summed E-state index contributed by atoms with van der Waals surface area (Å²) in [4.78, 5) is 22.6. The molecule has 3 N–H and O–H groups in total. The lowest BCUT2D eigenvalue weighted by Gasteiger charge is -2.30. The Morgan fingerprint density at radius 2 is 2.00 bits per heavy atom. The normalized spacial score (nSPS) is 12.8. The molecule has 0 aromatic carbocycles. The number of carboxylic acids is 1. The van der Waals surface area contributed by atoms with Crippen molar-refractivity contribution in [2.75, 3.05) is 0 Å². The fourth-order valence-electron chi connectivity index (χ4n) is 1.71. The number of amides is 2. The highest BCUT2D eigenvalue weighted by Crippen LogP contribution is 2.21. The Morgan fingerprint density at radius 3 is 2.45 bits per heavy atom. The van der Waals surface area contributed by atoms with E-state index in [-0.39, 0.29) is 18.4 Å². The van der Waals surface area contributed by atoms with Gasteiger partial charge in [-0.2, -0.15) is 0 Å². The average Bonchev–Trinajstić information content (AvgIpc) is 2.70. The molecule has 0 aliphatic heterocycles. The smallest absolute Gasteiger partial charge is 0.315 e. The van der Waals surface area contributed by atoms with Crippen molar-refractivity contribution in [1.82, 2.24) is 10.6 Å². The highest BCUT2D eigenvalue weighted by Gasteiger charge is 2.28. The first-order valence-corrected chi connectivity index (χ1v) is 6.50. The van der Waals surface area contributed by atoms with Crippen molar-refractivity contribution in [3.8, 4) is 0 Å². The van der Waals surface area contributed by atoms with E-state index >= 15 is 0 Å². The van der Waals surface area contributed by atoms with Crippen molar-refractivity contribution >= 4 is 12.0 Å². The van der Waals surface area contributed by atoms with Gasteiger partial charge in [0.05, 0.1) is 13.0 Å². The number of aryl methyl sites for hydroxylation is 1. The lowest BCUT2D eigenvalue weighted by molar-refractivity contribution is -0.138. The molecule has 0 radical (unpaired) electrons. The molecule has 2 amide bonds. The Balaban J connectivity index is 2.51. The van der Waals surface area contributed by atoms with Crippen LogP contribution >= 0.6 is 0 Å². The second kappa shape index (κ2) is 6.45. The molecular weight excluding hydrogens is 260 g/mol. The maximum absolute atomic E-state index is 11.8. The topological polar surface area (TPSA) is 91.6 Å². The summed E-state index contributed by atoms with van der Waals surface area (Å²) in [5.41, 5.74) is -0.336. The van der Waals surface area contributed by atoms with Gasteiger partial charge in [0.15, 0.2) is 0 Å².